The zero-order chi connectivity index (χ0) is 23.2. The van der Waals surface area contributed by atoms with Crippen molar-refractivity contribution >= 4 is 11.5 Å². The Labute approximate surface area is 198 Å². The van der Waals surface area contributed by atoms with E-state index < -0.39 is 0 Å². The molecular formula is C27H28N2O3S. The minimum absolute atomic E-state index is 0.0504. The topological polar surface area (TPSA) is 77.6 Å². The molecule has 1 aromatic heterocycles. The van der Waals surface area contributed by atoms with Gasteiger partial charge in [0.15, 0.2) is 0 Å². The first-order valence-electron chi connectivity index (χ1n) is 11.0. The summed E-state index contributed by atoms with van der Waals surface area (Å²) in [6.07, 6.45) is 0.847. The van der Waals surface area contributed by atoms with Gasteiger partial charge in [-0.15, -0.1) is 0 Å². The zero-order valence-electron chi connectivity index (χ0n) is 18.9. The number of nitrogens with two attached hydrogens (primary N) is 1. The molecule has 0 aliphatic rings. The minimum atomic E-state index is 0.0504. The van der Waals surface area contributed by atoms with Crippen molar-refractivity contribution in [2.45, 2.75) is 26.9 Å². The Morgan fingerprint density at radius 2 is 1.64 bits per heavy atom. The Morgan fingerprint density at radius 1 is 0.879 bits per heavy atom. The van der Waals surface area contributed by atoms with Crippen LogP contribution >= 0.6 is 11.5 Å². The van der Waals surface area contributed by atoms with Gasteiger partial charge in [0.05, 0.1) is 11.5 Å². The fourth-order valence-electron chi connectivity index (χ4n) is 3.84. The van der Waals surface area contributed by atoms with E-state index in [1.165, 1.54) is 33.8 Å². The molecule has 0 radical (unpaired) electrons. The molecule has 5 nitrogen and oxygen atoms in total. The van der Waals surface area contributed by atoms with Crippen LogP contribution in [0.4, 0.5) is 0 Å². The standard InChI is InChI=1S/C27H28N2O3S/c1-18-13-24(31-12-4-11-28)14-19(2)27(18)22-6-3-5-20(15-22)17-32-23-9-7-21(8-10-23)25-16-26(30)29-33-25/h3,5-10,13-16H,4,11-12,17,28H2,1-2H3,(H,29,30). The van der Waals surface area contributed by atoms with Gasteiger partial charge >= 0.3 is 0 Å². The molecule has 0 aliphatic heterocycles. The maximum Gasteiger partial charge on any atom is 0.223 e. The van der Waals surface area contributed by atoms with E-state index in [2.05, 4.69) is 54.6 Å². The molecule has 0 fully saturated rings. The average Bonchev–Trinajstić information content (AvgIpc) is 3.24. The molecule has 0 bridgehead atoms. The summed E-state index contributed by atoms with van der Waals surface area (Å²) < 4.78 is 15.8. The smallest absolute Gasteiger partial charge is 0.223 e. The molecule has 170 valence electrons. The second-order valence-electron chi connectivity index (χ2n) is 7.99. The Morgan fingerprint density at radius 3 is 2.30 bits per heavy atom. The molecule has 0 amide bonds. The molecule has 0 saturated carbocycles. The molecule has 3 N–H and O–H groups in total. The van der Waals surface area contributed by atoms with E-state index in [1.54, 1.807) is 6.07 Å². The summed E-state index contributed by atoms with van der Waals surface area (Å²) in [5.74, 6) is 1.73. The van der Waals surface area contributed by atoms with Crippen LogP contribution in [0.5, 0.6) is 17.4 Å². The lowest BCUT2D eigenvalue weighted by molar-refractivity contribution is 0.306. The summed E-state index contributed by atoms with van der Waals surface area (Å²) in [4.78, 5) is 0.924. The maximum absolute atomic E-state index is 9.44. The number of ether oxygens (including phenoxy) is 2. The van der Waals surface area contributed by atoms with Gasteiger partial charge in [-0.25, -0.2) is 0 Å². The van der Waals surface area contributed by atoms with Gasteiger partial charge in [-0.2, -0.15) is 4.37 Å². The molecule has 0 atom stereocenters. The molecule has 0 spiro atoms. The third kappa shape index (κ3) is 5.72. The van der Waals surface area contributed by atoms with Crippen molar-refractivity contribution in [2.24, 2.45) is 5.73 Å². The van der Waals surface area contributed by atoms with Crippen molar-refractivity contribution in [1.82, 2.24) is 4.37 Å². The molecule has 1 heterocycles. The van der Waals surface area contributed by atoms with Gasteiger partial charge in [0.2, 0.25) is 5.88 Å². The van der Waals surface area contributed by atoms with Crippen LogP contribution in [0.1, 0.15) is 23.1 Å². The van der Waals surface area contributed by atoms with Gasteiger partial charge in [0.25, 0.3) is 0 Å². The molecule has 4 rings (SSSR count). The summed E-state index contributed by atoms with van der Waals surface area (Å²) in [6.45, 7) is 5.98. The summed E-state index contributed by atoms with van der Waals surface area (Å²) in [7, 11) is 0. The van der Waals surface area contributed by atoms with Gasteiger partial charge < -0.3 is 20.3 Å². The molecule has 4 aromatic rings. The predicted molar refractivity (Wildman–Crippen MR) is 134 cm³/mol. The lowest BCUT2D eigenvalue weighted by atomic mass is 9.94. The quantitative estimate of drug-likeness (QED) is 0.295. The third-order valence-electron chi connectivity index (χ3n) is 5.38. The van der Waals surface area contributed by atoms with Gasteiger partial charge in [0, 0.05) is 6.07 Å². The zero-order valence-corrected chi connectivity index (χ0v) is 19.7. The lowest BCUT2D eigenvalue weighted by Crippen LogP contribution is -2.06. The maximum atomic E-state index is 9.44. The van der Waals surface area contributed by atoms with E-state index in [1.807, 2.05) is 24.3 Å². The monoisotopic (exact) mass is 460 g/mol. The van der Waals surface area contributed by atoms with Crippen molar-refractivity contribution < 1.29 is 14.6 Å². The molecular weight excluding hydrogens is 432 g/mol. The number of aromatic nitrogens is 1. The fraction of sp³-hybridized carbons (Fsp3) is 0.222. The minimum Gasteiger partial charge on any atom is -0.494 e. The molecule has 0 saturated heterocycles. The van der Waals surface area contributed by atoms with Crippen LogP contribution in [-0.4, -0.2) is 22.6 Å². The van der Waals surface area contributed by atoms with E-state index in [4.69, 9.17) is 15.2 Å². The van der Waals surface area contributed by atoms with Crippen LogP contribution in [0.25, 0.3) is 21.6 Å². The van der Waals surface area contributed by atoms with Crippen molar-refractivity contribution in [1.29, 1.82) is 0 Å². The van der Waals surface area contributed by atoms with E-state index in [0.29, 0.717) is 19.8 Å². The van der Waals surface area contributed by atoms with Crippen LogP contribution in [0.15, 0.2) is 66.7 Å². The van der Waals surface area contributed by atoms with Crippen LogP contribution in [-0.2, 0) is 6.61 Å². The molecule has 6 heteroatoms. The number of aryl methyl sites for hydroxylation is 2. The number of aromatic hydroxyl groups is 1. The normalized spacial score (nSPS) is 10.9. The van der Waals surface area contributed by atoms with E-state index in [0.717, 1.165) is 33.9 Å². The fourth-order valence-corrected chi connectivity index (χ4v) is 4.48. The van der Waals surface area contributed by atoms with Crippen molar-refractivity contribution in [3.8, 4) is 38.9 Å². The summed E-state index contributed by atoms with van der Waals surface area (Å²) in [5, 5.41) is 9.44. The van der Waals surface area contributed by atoms with Gasteiger partial charge in [-0.05, 0) is 114 Å². The van der Waals surface area contributed by atoms with Crippen LogP contribution in [0, 0.1) is 13.8 Å². The van der Waals surface area contributed by atoms with Crippen LogP contribution in [0.2, 0.25) is 0 Å². The number of benzene rings is 3. The number of hydrogen-bond donors (Lipinski definition) is 2. The SMILES string of the molecule is Cc1cc(OCCCN)cc(C)c1-c1cccc(COc2ccc(-c3cc(O)ns3)cc2)c1. The highest BCUT2D eigenvalue weighted by atomic mass is 32.1. The van der Waals surface area contributed by atoms with Crippen LogP contribution < -0.4 is 15.2 Å². The van der Waals surface area contributed by atoms with E-state index in [-0.39, 0.29) is 5.88 Å². The lowest BCUT2D eigenvalue weighted by Gasteiger charge is -2.15. The highest BCUT2D eigenvalue weighted by molar-refractivity contribution is 7.09. The summed E-state index contributed by atoms with van der Waals surface area (Å²) in [5.41, 5.74) is 12.4. The Bertz CT molecular complexity index is 1200. The van der Waals surface area contributed by atoms with E-state index >= 15 is 0 Å². The molecule has 0 unspecified atom stereocenters. The Kier molecular flexibility index (Phi) is 7.27. The molecule has 3 aromatic carbocycles. The Hall–Kier alpha value is -3.35. The highest BCUT2D eigenvalue weighted by Gasteiger charge is 2.10. The van der Waals surface area contributed by atoms with Gasteiger partial charge in [-0.1, -0.05) is 18.2 Å². The number of hydrogen-bond acceptors (Lipinski definition) is 6. The van der Waals surface area contributed by atoms with Crippen molar-refractivity contribution in [3.63, 3.8) is 0 Å². The van der Waals surface area contributed by atoms with Crippen molar-refractivity contribution in [3.05, 3.63) is 83.4 Å². The van der Waals surface area contributed by atoms with E-state index in [9.17, 15) is 5.11 Å². The van der Waals surface area contributed by atoms with Crippen molar-refractivity contribution in [2.75, 3.05) is 13.2 Å². The summed E-state index contributed by atoms with van der Waals surface area (Å²) in [6, 6.07) is 22.1. The number of rotatable bonds is 9. The first-order valence-corrected chi connectivity index (χ1v) is 11.7. The van der Waals surface area contributed by atoms with Crippen LogP contribution in [0.3, 0.4) is 0 Å². The number of nitrogens with zero attached hydrogens (tertiary/aromatic N) is 1. The molecule has 0 aliphatic carbocycles. The second-order valence-corrected chi connectivity index (χ2v) is 8.79. The second kappa shape index (κ2) is 10.5. The van der Waals surface area contributed by atoms with Gasteiger partial charge in [0.1, 0.15) is 18.1 Å². The highest BCUT2D eigenvalue weighted by Crippen LogP contribution is 2.32. The first-order chi connectivity index (χ1) is 16.0. The average molecular weight is 461 g/mol. The Balaban J connectivity index is 1.45. The molecule has 33 heavy (non-hydrogen) atoms. The predicted octanol–water partition coefficient (Wildman–Crippen LogP) is 6.11. The largest absolute Gasteiger partial charge is 0.494 e. The third-order valence-corrected chi connectivity index (χ3v) is 6.21. The first kappa shape index (κ1) is 22.8. The summed E-state index contributed by atoms with van der Waals surface area (Å²) >= 11 is 1.27. The van der Waals surface area contributed by atoms with Gasteiger partial charge in [-0.3, -0.25) is 0 Å².